The van der Waals surface area contributed by atoms with Gasteiger partial charge in [0.05, 0.1) is 16.4 Å². The minimum atomic E-state index is -0.552. The zero-order chi connectivity index (χ0) is 45.7. The van der Waals surface area contributed by atoms with Crippen molar-refractivity contribution in [3.63, 3.8) is 0 Å². The van der Waals surface area contributed by atoms with Crippen LogP contribution < -0.4 is 0 Å². The van der Waals surface area contributed by atoms with Crippen molar-refractivity contribution >= 4 is 21.8 Å². The van der Waals surface area contributed by atoms with Gasteiger partial charge in [-0.2, -0.15) is 0 Å². The molecule has 0 bridgehead atoms. The minimum absolute atomic E-state index is 0.118. The highest BCUT2D eigenvalue weighted by Crippen LogP contribution is 2.53. The van der Waals surface area contributed by atoms with Gasteiger partial charge in [0.1, 0.15) is 0 Å². The van der Waals surface area contributed by atoms with Crippen LogP contribution in [0.2, 0.25) is 0 Å². The van der Waals surface area contributed by atoms with Crippen LogP contribution in [-0.2, 0) is 5.41 Å². The van der Waals surface area contributed by atoms with Gasteiger partial charge in [-0.3, -0.25) is 0 Å². The van der Waals surface area contributed by atoms with E-state index in [-0.39, 0.29) is 5.92 Å². The number of aromatic nitrogens is 1. The fourth-order valence-corrected chi connectivity index (χ4v) is 11.5. The van der Waals surface area contributed by atoms with E-state index in [0.717, 1.165) is 5.69 Å². The lowest BCUT2D eigenvalue weighted by atomic mass is 9.64. The van der Waals surface area contributed by atoms with E-state index in [9.17, 15) is 0 Å². The molecule has 0 amide bonds. The molecule has 1 heterocycles. The highest BCUT2D eigenvalue weighted by molar-refractivity contribution is 6.11. The Morgan fingerprint density at radius 1 is 0.275 bits per heavy atom. The summed E-state index contributed by atoms with van der Waals surface area (Å²) in [6.45, 7) is 0. The number of fused-ring (bicyclic) bond motifs is 6. The summed E-state index contributed by atoms with van der Waals surface area (Å²) in [6.07, 6.45) is 0. The molecule has 1 aliphatic rings. The van der Waals surface area contributed by atoms with Crippen LogP contribution in [0, 0.1) is 0 Å². The summed E-state index contributed by atoms with van der Waals surface area (Å²) in [5.41, 5.74) is 21.7. The van der Waals surface area contributed by atoms with E-state index >= 15 is 0 Å². The number of para-hydroxylation sites is 1. The second-order valence-corrected chi connectivity index (χ2v) is 18.4. The highest BCUT2D eigenvalue weighted by Gasteiger charge is 2.40. The summed E-state index contributed by atoms with van der Waals surface area (Å²) >= 11 is 0. The van der Waals surface area contributed by atoms with Crippen LogP contribution in [0.25, 0.3) is 72.0 Å². The van der Waals surface area contributed by atoms with Crippen LogP contribution in [0.3, 0.4) is 0 Å². The molecule has 0 N–H and O–H groups in total. The first kappa shape index (κ1) is 40.5. The Kier molecular flexibility index (Phi) is 9.87. The van der Waals surface area contributed by atoms with Crippen molar-refractivity contribution in [3.05, 3.63) is 318 Å². The fourth-order valence-electron chi connectivity index (χ4n) is 11.5. The average Bonchev–Trinajstić information content (AvgIpc) is 3.94. The number of rotatable bonds is 9. The van der Waals surface area contributed by atoms with Gasteiger partial charge in [0, 0.05) is 22.4 Å². The summed E-state index contributed by atoms with van der Waals surface area (Å²) in [5, 5.41) is 2.47. The maximum absolute atomic E-state index is 2.51. The van der Waals surface area contributed by atoms with Crippen LogP contribution >= 0.6 is 0 Å². The molecule has 1 heteroatoms. The van der Waals surface area contributed by atoms with E-state index in [0.29, 0.717) is 0 Å². The van der Waals surface area contributed by atoms with Crippen molar-refractivity contribution < 1.29 is 0 Å². The van der Waals surface area contributed by atoms with Crippen molar-refractivity contribution in [1.29, 1.82) is 0 Å². The van der Waals surface area contributed by atoms with Crippen molar-refractivity contribution in [2.75, 3.05) is 0 Å². The smallest absolute Gasteiger partial charge is 0.0701 e. The summed E-state index contributed by atoms with van der Waals surface area (Å²) in [5.74, 6) is 0.118. The summed E-state index contributed by atoms with van der Waals surface area (Å²) in [7, 11) is 0. The van der Waals surface area contributed by atoms with Crippen molar-refractivity contribution in [1.82, 2.24) is 4.57 Å². The maximum atomic E-state index is 2.51. The van der Waals surface area contributed by atoms with Gasteiger partial charge in [-0.25, -0.2) is 0 Å². The lowest BCUT2D eigenvalue weighted by molar-refractivity contribution is 0.745. The van der Waals surface area contributed by atoms with Gasteiger partial charge in [0.25, 0.3) is 0 Å². The van der Waals surface area contributed by atoms with E-state index in [1.54, 1.807) is 0 Å². The second kappa shape index (κ2) is 16.8. The van der Waals surface area contributed by atoms with Crippen LogP contribution in [-0.4, -0.2) is 4.57 Å². The predicted octanol–water partition coefficient (Wildman–Crippen LogP) is 17.3. The maximum Gasteiger partial charge on any atom is 0.0701 e. The zero-order valence-corrected chi connectivity index (χ0v) is 38.1. The van der Waals surface area contributed by atoms with Gasteiger partial charge >= 0.3 is 0 Å². The van der Waals surface area contributed by atoms with Crippen molar-refractivity contribution in [2.24, 2.45) is 0 Å². The summed E-state index contributed by atoms with van der Waals surface area (Å²) in [6, 6.07) is 103. The van der Waals surface area contributed by atoms with Gasteiger partial charge in [0.2, 0.25) is 0 Å². The standard InChI is InChI=1S/C68H47N/c1-7-20-47(21-8-1)49-24-19-25-50(42-49)53-34-38-59-64-44-52(36-41-65(64)69(66(59)45-53)58-32-17-6-18-33-58)51-35-39-60-62(43-51)63-46-57(37-40-61(63)67(60)48-22-9-2-10-23-48)68(54-26-11-3-12-27-54,55-28-13-4-14-29-55)56-30-15-5-16-31-56/h1-46,67H. The molecular weight excluding hydrogens is 831 g/mol. The number of hydrogen-bond donors (Lipinski definition) is 0. The van der Waals surface area contributed by atoms with Crippen molar-refractivity contribution in [3.8, 4) is 50.2 Å². The fraction of sp³-hybridized carbons (Fsp3) is 0.0294. The Bertz CT molecular complexity index is 3700. The Hall–Kier alpha value is -8.78. The molecule has 0 saturated carbocycles. The van der Waals surface area contributed by atoms with Gasteiger partial charge in [-0.05, 0) is 132 Å². The average molecular weight is 878 g/mol. The van der Waals surface area contributed by atoms with Gasteiger partial charge in [0.15, 0.2) is 0 Å². The third kappa shape index (κ3) is 6.77. The summed E-state index contributed by atoms with van der Waals surface area (Å²) < 4.78 is 2.43. The lowest BCUT2D eigenvalue weighted by Crippen LogP contribution is -2.31. The molecule has 69 heavy (non-hydrogen) atoms. The Morgan fingerprint density at radius 2 is 0.739 bits per heavy atom. The molecule has 12 aromatic rings. The monoisotopic (exact) mass is 877 g/mol. The number of benzene rings is 11. The topological polar surface area (TPSA) is 4.93 Å². The quantitative estimate of drug-likeness (QED) is 0.127. The predicted molar refractivity (Wildman–Crippen MR) is 288 cm³/mol. The molecule has 0 saturated heterocycles. The molecule has 0 aliphatic heterocycles. The molecule has 1 nitrogen and oxygen atoms in total. The van der Waals surface area contributed by atoms with Crippen LogP contribution in [0.4, 0.5) is 0 Å². The highest BCUT2D eigenvalue weighted by atomic mass is 15.0. The second-order valence-electron chi connectivity index (χ2n) is 18.4. The van der Waals surface area contributed by atoms with E-state index < -0.39 is 5.41 Å². The van der Waals surface area contributed by atoms with Crippen LogP contribution in [0.5, 0.6) is 0 Å². The Morgan fingerprint density at radius 3 is 1.38 bits per heavy atom. The largest absolute Gasteiger partial charge is 0.309 e. The lowest BCUT2D eigenvalue weighted by Gasteiger charge is -2.37. The van der Waals surface area contributed by atoms with E-state index in [4.69, 9.17) is 0 Å². The normalized spacial score (nSPS) is 13.1. The minimum Gasteiger partial charge on any atom is -0.309 e. The van der Waals surface area contributed by atoms with Crippen LogP contribution in [0.15, 0.2) is 279 Å². The molecule has 1 atom stereocenters. The molecule has 0 fully saturated rings. The number of nitrogens with zero attached hydrogens (tertiary/aromatic N) is 1. The number of hydrogen-bond acceptors (Lipinski definition) is 0. The molecule has 0 radical (unpaired) electrons. The van der Waals surface area contributed by atoms with E-state index in [1.165, 1.54) is 105 Å². The van der Waals surface area contributed by atoms with Crippen molar-refractivity contribution in [2.45, 2.75) is 11.3 Å². The first-order valence-electron chi connectivity index (χ1n) is 24.0. The molecular formula is C68H47N. The zero-order valence-electron chi connectivity index (χ0n) is 38.1. The van der Waals surface area contributed by atoms with E-state index in [1.807, 2.05) is 0 Å². The SMILES string of the molecule is c1ccc(-c2cccc(-c3ccc4c5cc(-c6ccc7c(c6)-c6cc(C(c8ccccc8)(c8ccccc8)c8ccccc8)ccc6C7c6ccccc6)ccc5n(-c5ccccc5)c4c3)c2)cc1. The first-order chi connectivity index (χ1) is 34.2. The Balaban J connectivity index is 0.989. The van der Waals surface area contributed by atoms with E-state index in [2.05, 4.69) is 284 Å². The molecule has 324 valence electrons. The third-order valence-electron chi connectivity index (χ3n) is 14.6. The van der Waals surface area contributed by atoms with Gasteiger partial charge < -0.3 is 4.57 Å². The first-order valence-corrected chi connectivity index (χ1v) is 24.0. The molecule has 1 unspecified atom stereocenters. The van der Waals surface area contributed by atoms with Gasteiger partial charge in [-0.15, -0.1) is 0 Å². The van der Waals surface area contributed by atoms with Gasteiger partial charge in [-0.1, -0.05) is 231 Å². The van der Waals surface area contributed by atoms with Crippen LogP contribution in [0.1, 0.15) is 44.9 Å². The molecule has 11 aromatic carbocycles. The molecule has 1 aromatic heterocycles. The molecule has 1 aliphatic carbocycles. The Labute approximate surface area is 403 Å². The molecule has 13 rings (SSSR count). The summed E-state index contributed by atoms with van der Waals surface area (Å²) in [4.78, 5) is 0. The molecule has 0 spiro atoms. The third-order valence-corrected chi connectivity index (χ3v) is 14.6.